The summed E-state index contributed by atoms with van der Waals surface area (Å²) in [6, 6.07) is 16.3. The van der Waals surface area contributed by atoms with E-state index in [1.165, 1.54) is 0 Å². The number of rotatable bonds is 5. The minimum absolute atomic E-state index is 0.166. The highest BCUT2D eigenvalue weighted by molar-refractivity contribution is 9.10. The number of ketones is 1. The molecule has 0 spiro atoms. The number of aromatic nitrogens is 1. The zero-order valence-corrected chi connectivity index (χ0v) is 15.8. The van der Waals surface area contributed by atoms with Gasteiger partial charge >= 0.3 is 0 Å². The molecule has 1 atom stereocenters. The predicted molar refractivity (Wildman–Crippen MR) is 105 cm³/mol. The van der Waals surface area contributed by atoms with Crippen molar-refractivity contribution in [2.24, 2.45) is 0 Å². The minimum atomic E-state index is -0.610. The zero-order chi connectivity index (χ0) is 18.1. The fourth-order valence-corrected chi connectivity index (χ4v) is 4.66. The third-order valence-electron chi connectivity index (χ3n) is 5.28. The minimum Gasteiger partial charge on any atom is -0.293 e. The van der Waals surface area contributed by atoms with Gasteiger partial charge in [0.15, 0.2) is 5.78 Å². The van der Waals surface area contributed by atoms with Crippen LogP contribution in [0, 0.1) is 11.3 Å². The van der Waals surface area contributed by atoms with Crippen LogP contribution in [-0.4, -0.2) is 10.8 Å². The SMILES string of the molecule is N#CCCCC1(Cc2ccncc2)C(=O)c2cc(Br)cc3cccc1c23. The number of carbonyl (C=O) groups excluding carboxylic acids is 1. The lowest BCUT2D eigenvalue weighted by Gasteiger charge is -2.29. The molecule has 1 unspecified atom stereocenters. The van der Waals surface area contributed by atoms with E-state index in [0.29, 0.717) is 25.7 Å². The summed E-state index contributed by atoms with van der Waals surface area (Å²) < 4.78 is 0.919. The first-order valence-electron chi connectivity index (χ1n) is 8.69. The van der Waals surface area contributed by atoms with Crippen molar-refractivity contribution >= 4 is 32.5 Å². The Morgan fingerprint density at radius 2 is 1.96 bits per heavy atom. The van der Waals surface area contributed by atoms with Gasteiger partial charge in [-0.25, -0.2) is 0 Å². The molecule has 1 heterocycles. The monoisotopic (exact) mass is 404 g/mol. The van der Waals surface area contributed by atoms with Gasteiger partial charge in [-0.05, 0) is 65.4 Å². The van der Waals surface area contributed by atoms with E-state index in [0.717, 1.165) is 31.9 Å². The summed E-state index contributed by atoms with van der Waals surface area (Å²) in [7, 11) is 0. The van der Waals surface area contributed by atoms with Crippen molar-refractivity contribution in [2.75, 3.05) is 0 Å². The Kier molecular flexibility index (Phi) is 4.34. The maximum Gasteiger partial charge on any atom is 0.174 e. The van der Waals surface area contributed by atoms with Crippen molar-refractivity contribution in [3.05, 3.63) is 76.0 Å². The molecule has 0 N–H and O–H groups in total. The second kappa shape index (κ2) is 6.66. The molecule has 26 heavy (non-hydrogen) atoms. The van der Waals surface area contributed by atoms with Gasteiger partial charge in [0.1, 0.15) is 0 Å². The van der Waals surface area contributed by atoms with E-state index in [1.807, 2.05) is 24.3 Å². The second-order valence-electron chi connectivity index (χ2n) is 6.81. The molecule has 4 heteroatoms. The van der Waals surface area contributed by atoms with Crippen molar-refractivity contribution in [3.63, 3.8) is 0 Å². The topological polar surface area (TPSA) is 53.8 Å². The van der Waals surface area contributed by atoms with Gasteiger partial charge < -0.3 is 0 Å². The Morgan fingerprint density at radius 3 is 2.73 bits per heavy atom. The molecule has 0 amide bonds. The van der Waals surface area contributed by atoms with E-state index in [1.54, 1.807) is 12.4 Å². The summed E-state index contributed by atoms with van der Waals surface area (Å²) in [5, 5.41) is 11.1. The van der Waals surface area contributed by atoms with Crippen LogP contribution < -0.4 is 0 Å². The summed E-state index contributed by atoms with van der Waals surface area (Å²) in [5.41, 5.74) is 2.36. The lowest BCUT2D eigenvalue weighted by atomic mass is 9.71. The van der Waals surface area contributed by atoms with E-state index >= 15 is 0 Å². The van der Waals surface area contributed by atoms with Crippen LogP contribution in [0.25, 0.3) is 10.8 Å². The van der Waals surface area contributed by atoms with Crippen LogP contribution in [0.2, 0.25) is 0 Å². The standard InChI is InChI=1S/C22H17BrN2O/c23-17-12-16-4-3-5-19-20(16)18(13-17)21(26)22(19,8-1-2-9-24)14-15-6-10-25-11-7-15/h3-7,10-13H,1-2,8,14H2. The fraction of sp³-hybridized carbons (Fsp3) is 0.227. The highest BCUT2D eigenvalue weighted by Crippen LogP contribution is 2.48. The first-order valence-corrected chi connectivity index (χ1v) is 9.48. The molecule has 4 rings (SSSR count). The normalized spacial score (nSPS) is 18.2. The van der Waals surface area contributed by atoms with Gasteiger partial charge in [-0.15, -0.1) is 0 Å². The van der Waals surface area contributed by atoms with Crippen LogP contribution in [0.1, 0.15) is 40.7 Å². The molecule has 1 aliphatic carbocycles. The van der Waals surface area contributed by atoms with E-state index in [2.05, 4.69) is 45.2 Å². The van der Waals surface area contributed by atoms with Gasteiger partial charge in [-0.1, -0.05) is 34.1 Å². The molecule has 2 aromatic carbocycles. The summed E-state index contributed by atoms with van der Waals surface area (Å²) in [6.45, 7) is 0. The third-order valence-corrected chi connectivity index (χ3v) is 5.74. The lowest BCUT2D eigenvalue weighted by Crippen LogP contribution is -2.34. The maximum atomic E-state index is 13.6. The van der Waals surface area contributed by atoms with Gasteiger partial charge in [-0.2, -0.15) is 5.26 Å². The van der Waals surface area contributed by atoms with Crippen LogP contribution in [0.3, 0.4) is 0 Å². The number of halogens is 1. The van der Waals surface area contributed by atoms with Crippen LogP contribution in [0.4, 0.5) is 0 Å². The largest absolute Gasteiger partial charge is 0.293 e. The number of hydrogen-bond donors (Lipinski definition) is 0. The molecule has 3 nitrogen and oxygen atoms in total. The summed E-state index contributed by atoms with van der Waals surface area (Å²) in [4.78, 5) is 17.7. The Hall–Kier alpha value is -2.51. The van der Waals surface area contributed by atoms with Crippen molar-refractivity contribution in [1.29, 1.82) is 5.26 Å². The number of carbonyl (C=O) groups is 1. The molecule has 1 aromatic heterocycles. The third kappa shape index (κ3) is 2.64. The Bertz CT molecular complexity index is 1040. The Labute approximate surface area is 160 Å². The van der Waals surface area contributed by atoms with Gasteiger partial charge in [0.05, 0.1) is 11.5 Å². The average molecular weight is 405 g/mol. The van der Waals surface area contributed by atoms with Crippen molar-refractivity contribution in [2.45, 2.75) is 31.1 Å². The molecule has 0 aliphatic heterocycles. The van der Waals surface area contributed by atoms with E-state index < -0.39 is 5.41 Å². The fourth-order valence-electron chi connectivity index (χ4n) is 4.18. The number of unbranched alkanes of at least 4 members (excludes halogenated alkanes) is 1. The van der Waals surface area contributed by atoms with E-state index in [-0.39, 0.29) is 5.78 Å². The number of nitriles is 1. The molecule has 0 saturated heterocycles. The summed E-state index contributed by atoms with van der Waals surface area (Å²) >= 11 is 3.54. The number of hydrogen-bond acceptors (Lipinski definition) is 3. The van der Waals surface area contributed by atoms with Crippen LogP contribution in [0.5, 0.6) is 0 Å². The van der Waals surface area contributed by atoms with Crippen molar-refractivity contribution < 1.29 is 4.79 Å². The van der Waals surface area contributed by atoms with Crippen molar-refractivity contribution in [1.82, 2.24) is 4.98 Å². The van der Waals surface area contributed by atoms with E-state index in [4.69, 9.17) is 5.26 Å². The van der Waals surface area contributed by atoms with Crippen molar-refractivity contribution in [3.8, 4) is 6.07 Å². The molecule has 0 saturated carbocycles. The highest BCUT2D eigenvalue weighted by atomic mass is 79.9. The quantitative estimate of drug-likeness (QED) is 0.537. The predicted octanol–water partition coefficient (Wildman–Crippen LogP) is 5.37. The number of benzene rings is 2. The Balaban J connectivity index is 1.90. The smallest absolute Gasteiger partial charge is 0.174 e. The van der Waals surface area contributed by atoms with E-state index in [9.17, 15) is 4.79 Å². The van der Waals surface area contributed by atoms with Gasteiger partial charge in [0.2, 0.25) is 0 Å². The van der Waals surface area contributed by atoms with Crippen LogP contribution >= 0.6 is 15.9 Å². The Morgan fingerprint density at radius 1 is 1.15 bits per heavy atom. The molecule has 3 aromatic rings. The lowest BCUT2D eigenvalue weighted by molar-refractivity contribution is 0.0883. The van der Waals surface area contributed by atoms with Gasteiger partial charge in [0.25, 0.3) is 0 Å². The number of Topliss-reactive ketones (excluding diaryl/α,β-unsaturated/α-hetero) is 1. The van der Waals surface area contributed by atoms with Crippen LogP contribution in [0.15, 0.2) is 59.3 Å². The van der Waals surface area contributed by atoms with Crippen LogP contribution in [-0.2, 0) is 11.8 Å². The first kappa shape index (κ1) is 16.9. The zero-order valence-electron chi connectivity index (χ0n) is 14.2. The molecule has 128 valence electrons. The average Bonchev–Trinajstić information content (AvgIpc) is 2.87. The number of pyridine rings is 1. The summed E-state index contributed by atoms with van der Waals surface area (Å²) in [6.07, 6.45) is 6.00. The molecular weight excluding hydrogens is 388 g/mol. The van der Waals surface area contributed by atoms with Gasteiger partial charge in [0, 0.05) is 28.9 Å². The maximum absolute atomic E-state index is 13.6. The molecular formula is C22H17BrN2O. The first-order chi connectivity index (χ1) is 12.7. The molecule has 0 bridgehead atoms. The van der Waals surface area contributed by atoms with Gasteiger partial charge in [-0.3, -0.25) is 9.78 Å². The molecule has 0 fully saturated rings. The highest BCUT2D eigenvalue weighted by Gasteiger charge is 2.46. The number of nitrogens with zero attached hydrogens (tertiary/aromatic N) is 2. The second-order valence-corrected chi connectivity index (χ2v) is 7.73. The molecule has 1 aliphatic rings. The summed E-state index contributed by atoms with van der Waals surface area (Å²) in [5.74, 6) is 0.166. The molecule has 0 radical (unpaired) electrons.